The number of aromatic amines is 1. The SMILES string of the molecule is COC(=O)[C@@H](Cc1c[nH]c2ccccc12)NC(=O)[C@H](C)NC(=O)OC(C)(C)C. The van der Waals surface area contributed by atoms with E-state index in [1.807, 2.05) is 24.3 Å². The van der Waals surface area contributed by atoms with Gasteiger partial charge in [-0.2, -0.15) is 0 Å². The normalized spacial score (nSPS) is 13.5. The summed E-state index contributed by atoms with van der Waals surface area (Å²) in [5.41, 5.74) is 1.14. The van der Waals surface area contributed by atoms with E-state index in [0.717, 1.165) is 16.5 Å². The Balaban J connectivity index is 2.06. The number of alkyl carbamates (subject to hydrolysis) is 1. The molecule has 0 fully saturated rings. The second-order valence-corrected chi connectivity index (χ2v) is 7.52. The molecule has 2 rings (SSSR count). The van der Waals surface area contributed by atoms with E-state index >= 15 is 0 Å². The van der Waals surface area contributed by atoms with Crippen LogP contribution in [0.1, 0.15) is 33.3 Å². The number of methoxy groups -OCH3 is 1. The zero-order chi connectivity index (χ0) is 20.9. The van der Waals surface area contributed by atoms with Gasteiger partial charge < -0.3 is 25.1 Å². The van der Waals surface area contributed by atoms with E-state index in [1.165, 1.54) is 14.0 Å². The Kier molecular flexibility index (Phi) is 6.66. The lowest BCUT2D eigenvalue weighted by atomic mass is 10.0. The largest absolute Gasteiger partial charge is 0.467 e. The summed E-state index contributed by atoms with van der Waals surface area (Å²) in [5, 5.41) is 6.06. The molecule has 8 nitrogen and oxygen atoms in total. The van der Waals surface area contributed by atoms with Crippen LogP contribution in [0, 0.1) is 0 Å². The maximum Gasteiger partial charge on any atom is 0.408 e. The summed E-state index contributed by atoms with van der Waals surface area (Å²) in [6, 6.07) is 5.90. The molecule has 0 saturated heterocycles. The molecule has 2 aromatic rings. The van der Waals surface area contributed by atoms with Crippen molar-refractivity contribution in [3.8, 4) is 0 Å². The summed E-state index contributed by atoms with van der Waals surface area (Å²) in [4.78, 5) is 39.6. The molecular formula is C20H27N3O5. The number of carbonyl (C=O) groups excluding carboxylic acids is 3. The third kappa shape index (κ3) is 5.73. The summed E-state index contributed by atoms with van der Waals surface area (Å²) in [5.74, 6) is -1.08. The van der Waals surface area contributed by atoms with Crippen LogP contribution in [0.5, 0.6) is 0 Å². The molecule has 0 aliphatic rings. The van der Waals surface area contributed by atoms with Crippen molar-refractivity contribution in [2.24, 2.45) is 0 Å². The first-order chi connectivity index (χ1) is 13.1. The summed E-state index contributed by atoms with van der Waals surface area (Å²) in [7, 11) is 1.26. The molecule has 0 bridgehead atoms. The highest BCUT2D eigenvalue weighted by atomic mass is 16.6. The van der Waals surface area contributed by atoms with Crippen LogP contribution < -0.4 is 10.6 Å². The molecule has 1 aromatic heterocycles. The molecule has 1 heterocycles. The van der Waals surface area contributed by atoms with Crippen LogP contribution in [0.15, 0.2) is 30.5 Å². The van der Waals surface area contributed by atoms with Crippen LogP contribution in [-0.2, 0) is 25.5 Å². The molecule has 0 spiro atoms. The Morgan fingerprint density at radius 2 is 1.82 bits per heavy atom. The molecule has 3 N–H and O–H groups in total. The van der Waals surface area contributed by atoms with E-state index in [2.05, 4.69) is 15.6 Å². The van der Waals surface area contributed by atoms with Crippen LogP contribution in [0.25, 0.3) is 10.9 Å². The van der Waals surface area contributed by atoms with Crippen molar-refractivity contribution in [1.82, 2.24) is 15.6 Å². The van der Waals surface area contributed by atoms with Gasteiger partial charge in [-0.3, -0.25) is 4.79 Å². The van der Waals surface area contributed by atoms with Crippen molar-refractivity contribution in [2.45, 2.75) is 51.8 Å². The molecule has 2 atom stereocenters. The van der Waals surface area contributed by atoms with Crippen LogP contribution in [0.3, 0.4) is 0 Å². The lowest BCUT2D eigenvalue weighted by Gasteiger charge is -2.23. The van der Waals surface area contributed by atoms with Gasteiger partial charge in [0.05, 0.1) is 7.11 Å². The van der Waals surface area contributed by atoms with E-state index in [-0.39, 0.29) is 6.42 Å². The van der Waals surface area contributed by atoms with Gasteiger partial charge in [0.2, 0.25) is 5.91 Å². The lowest BCUT2D eigenvalue weighted by Crippen LogP contribution is -2.51. The average Bonchev–Trinajstić information content (AvgIpc) is 3.01. The first-order valence-corrected chi connectivity index (χ1v) is 9.03. The monoisotopic (exact) mass is 389 g/mol. The second kappa shape index (κ2) is 8.77. The van der Waals surface area contributed by atoms with Crippen LogP contribution in [-0.4, -0.2) is 47.7 Å². The van der Waals surface area contributed by atoms with Crippen molar-refractivity contribution in [1.29, 1.82) is 0 Å². The number of H-pyrrole nitrogens is 1. The predicted molar refractivity (Wildman–Crippen MR) is 105 cm³/mol. The minimum Gasteiger partial charge on any atom is -0.467 e. The summed E-state index contributed by atoms with van der Waals surface area (Å²) in [6.07, 6.45) is 1.35. The third-order valence-corrected chi connectivity index (χ3v) is 4.03. The van der Waals surface area contributed by atoms with Crippen molar-refractivity contribution in [2.75, 3.05) is 7.11 Å². The molecule has 1 aromatic carbocycles. The van der Waals surface area contributed by atoms with Gasteiger partial charge in [0.25, 0.3) is 0 Å². The molecule has 0 aliphatic carbocycles. The van der Waals surface area contributed by atoms with E-state index in [1.54, 1.807) is 27.0 Å². The first kappa shape index (κ1) is 21.3. The van der Waals surface area contributed by atoms with Crippen LogP contribution in [0.4, 0.5) is 4.79 Å². The molecule has 0 radical (unpaired) electrons. The Hall–Kier alpha value is -3.03. The maximum atomic E-state index is 12.5. The van der Waals surface area contributed by atoms with Gasteiger partial charge >= 0.3 is 12.1 Å². The minimum atomic E-state index is -0.889. The summed E-state index contributed by atoms with van der Waals surface area (Å²) < 4.78 is 9.96. The second-order valence-electron chi connectivity index (χ2n) is 7.52. The number of hydrogen-bond donors (Lipinski definition) is 3. The molecule has 0 unspecified atom stereocenters. The number of amides is 2. The molecule has 2 amide bonds. The zero-order valence-corrected chi connectivity index (χ0v) is 16.8. The fraction of sp³-hybridized carbons (Fsp3) is 0.450. The van der Waals surface area contributed by atoms with Crippen molar-refractivity contribution >= 4 is 28.9 Å². The van der Waals surface area contributed by atoms with Crippen molar-refractivity contribution in [3.63, 3.8) is 0 Å². The van der Waals surface area contributed by atoms with Gasteiger partial charge in [-0.15, -0.1) is 0 Å². The zero-order valence-electron chi connectivity index (χ0n) is 16.8. The average molecular weight is 389 g/mol. The summed E-state index contributed by atoms with van der Waals surface area (Å²) in [6.45, 7) is 6.70. The van der Waals surface area contributed by atoms with Crippen molar-refractivity contribution < 1.29 is 23.9 Å². The number of nitrogens with one attached hydrogen (secondary N) is 3. The predicted octanol–water partition coefficient (Wildman–Crippen LogP) is 2.28. The third-order valence-electron chi connectivity index (χ3n) is 4.03. The molecular weight excluding hydrogens is 362 g/mol. The van der Waals surface area contributed by atoms with E-state index < -0.39 is 35.7 Å². The number of ether oxygens (including phenoxy) is 2. The van der Waals surface area contributed by atoms with E-state index in [4.69, 9.17) is 9.47 Å². The highest BCUT2D eigenvalue weighted by Crippen LogP contribution is 2.19. The highest BCUT2D eigenvalue weighted by molar-refractivity contribution is 5.90. The number of aromatic nitrogens is 1. The molecule has 0 aliphatic heterocycles. The van der Waals surface area contributed by atoms with Gasteiger partial charge in [-0.1, -0.05) is 18.2 Å². The Morgan fingerprint density at radius 1 is 1.14 bits per heavy atom. The smallest absolute Gasteiger partial charge is 0.408 e. The van der Waals surface area contributed by atoms with Crippen molar-refractivity contribution in [3.05, 3.63) is 36.0 Å². The van der Waals surface area contributed by atoms with Gasteiger partial charge in [0.1, 0.15) is 17.7 Å². The molecule has 8 heteroatoms. The number of fused-ring (bicyclic) bond motifs is 1. The quantitative estimate of drug-likeness (QED) is 0.657. The number of rotatable bonds is 6. The number of hydrogen-bond acceptors (Lipinski definition) is 5. The number of para-hydroxylation sites is 1. The Bertz CT molecular complexity index is 853. The number of carbonyl (C=O) groups is 3. The number of esters is 1. The standard InChI is InChI=1S/C20H27N3O5/c1-12(22-19(26)28-20(2,3)4)17(24)23-16(18(25)27-5)10-13-11-21-15-9-7-6-8-14(13)15/h6-9,11-12,16,21H,10H2,1-5H3,(H,22,26)(H,23,24)/t12-,16+/m0/s1. The van der Waals surface area contributed by atoms with Crippen LogP contribution >= 0.6 is 0 Å². The Labute approximate surface area is 164 Å². The topological polar surface area (TPSA) is 110 Å². The summed E-state index contributed by atoms with van der Waals surface area (Å²) >= 11 is 0. The lowest BCUT2D eigenvalue weighted by molar-refractivity contribution is -0.145. The maximum absolute atomic E-state index is 12.5. The molecule has 28 heavy (non-hydrogen) atoms. The van der Waals surface area contributed by atoms with E-state index in [0.29, 0.717) is 0 Å². The van der Waals surface area contributed by atoms with Gasteiger partial charge in [-0.05, 0) is 39.3 Å². The molecule has 0 saturated carbocycles. The molecule has 152 valence electrons. The fourth-order valence-electron chi connectivity index (χ4n) is 2.70. The first-order valence-electron chi connectivity index (χ1n) is 9.03. The highest BCUT2D eigenvalue weighted by Gasteiger charge is 2.27. The number of benzene rings is 1. The van der Waals surface area contributed by atoms with E-state index in [9.17, 15) is 14.4 Å². The van der Waals surface area contributed by atoms with Gasteiger partial charge in [0, 0.05) is 23.5 Å². The Morgan fingerprint density at radius 3 is 2.46 bits per heavy atom. The van der Waals surface area contributed by atoms with Crippen LogP contribution in [0.2, 0.25) is 0 Å². The van der Waals surface area contributed by atoms with Gasteiger partial charge in [-0.25, -0.2) is 9.59 Å². The van der Waals surface area contributed by atoms with Gasteiger partial charge in [0.15, 0.2) is 0 Å². The fourth-order valence-corrected chi connectivity index (χ4v) is 2.70. The minimum absolute atomic E-state index is 0.252.